The molecule has 0 fully saturated rings. The fourth-order valence-electron chi connectivity index (χ4n) is 3.57. The van der Waals surface area contributed by atoms with Gasteiger partial charge in [0.2, 0.25) is 11.2 Å². The smallest absolute Gasteiger partial charge is 0.450 e. The molecule has 36 heavy (non-hydrogen) atoms. The molecular formula is C27H19F3O6. The maximum absolute atomic E-state index is 14.0. The van der Waals surface area contributed by atoms with Crippen LogP contribution >= 0.6 is 0 Å². The van der Waals surface area contributed by atoms with Crippen LogP contribution in [0.3, 0.4) is 0 Å². The third kappa shape index (κ3) is 5.10. The second kappa shape index (κ2) is 9.99. The van der Waals surface area contributed by atoms with Gasteiger partial charge in [0.15, 0.2) is 11.5 Å². The highest BCUT2D eigenvalue weighted by Crippen LogP contribution is 2.40. The quantitative estimate of drug-likeness (QED) is 0.182. The second-order valence-corrected chi connectivity index (χ2v) is 7.53. The first kappa shape index (κ1) is 24.6. The Morgan fingerprint density at radius 3 is 2.31 bits per heavy atom. The second-order valence-electron chi connectivity index (χ2n) is 7.53. The van der Waals surface area contributed by atoms with Crippen molar-refractivity contribution in [3.05, 3.63) is 94.4 Å². The van der Waals surface area contributed by atoms with Crippen LogP contribution in [0.1, 0.15) is 11.3 Å². The van der Waals surface area contributed by atoms with Gasteiger partial charge >= 0.3 is 12.1 Å². The van der Waals surface area contributed by atoms with E-state index in [-0.39, 0.29) is 33.8 Å². The van der Waals surface area contributed by atoms with Gasteiger partial charge in [0, 0.05) is 12.1 Å². The number of ether oxygens (including phenoxy) is 3. The molecule has 1 aromatic heterocycles. The fraction of sp³-hybridized carbons (Fsp3) is 0.111. The van der Waals surface area contributed by atoms with Crippen LogP contribution < -0.4 is 19.6 Å². The average molecular weight is 496 g/mol. The molecule has 184 valence electrons. The molecule has 0 saturated heterocycles. The normalized spacial score (nSPS) is 11.6. The van der Waals surface area contributed by atoms with E-state index in [2.05, 4.69) is 0 Å². The van der Waals surface area contributed by atoms with Gasteiger partial charge < -0.3 is 18.6 Å². The van der Waals surface area contributed by atoms with Crippen molar-refractivity contribution in [1.29, 1.82) is 0 Å². The van der Waals surface area contributed by atoms with Crippen molar-refractivity contribution in [2.75, 3.05) is 14.2 Å². The highest BCUT2D eigenvalue weighted by atomic mass is 19.4. The van der Waals surface area contributed by atoms with Crippen molar-refractivity contribution in [1.82, 2.24) is 0 Å². The number of fused-ring (bicyclic) bond motifs is 1. The highest BCUT2D eigenvalue weighted by molar-refractivity contribution is 5.90. The first-order chi connectivity index (χ1) is 17.2. The summed E-state index contributed by atoms with van der Waals surface area (Å²) in [6.45, 7) is 0. The summed E-state index contributed by atoms with van der Waals surface area (Å²) >= 11 is 0. The van der Waals surface area contributed by atoms with E-state index in [0.29, 0.717) is 0 Å². The average Bonchev–Trinajstić information content (AvgIpc) is 2.87. The van der Waals surface area contributed by atoms with E-state index in [9.17, 15) is 22.8 Å². The maximum Gasteiger partial charge on any atom is 0.450 e. The zero-order chi connectivity index (χ0) is 25.9. The zero-order valence-corrected chi connectivity index (χ0v) is 19.1. The van der Waals surface area contributed by atoms with Crippen LogP contribution in [0.2, 0.25) is 0 Å². The molecule has 0 radical (unpaired) electrons. The molecule has 0 amide bonds. The number of esters is 1. The lowest BCUT2D eigenvalue weighted by Gasteiger charge is -2.14. The fourth-order valence-corrected chi connectivity index (χ4v) is 3.57. The summed E-state index contributed by atoms with van der Waals surface area (Å²) in [4.78, 5) is 25.4. The number of methoxy groups -OCH3 is 2. The molecule has 0 N–H and O–H groups in total. The number of carbonyl (C=O) groups is 1. The molecule has 0 spiro atoms. The van der Waals surface area contributed by atoms with Crippen LogP contribution in [0.15, 0.2) is 82.0 Å². The molecule has 0 saturated carbocycles. The lowest BCUT2D eigenvalue weighted by Crippen LogP contribution is -2.16. The van der Waals surface area contributed by atoms with Crippen LogP contribution in [0, 0.1) is 0 Å². The summed E-state index contributed by atoms with van der Waals surface area (Å²) in [5.41, 5.74) is -1.26. The molecule has 0 unspecified atom stereocenters. The Kier molecular flexibility index (Phi) is 6.82. The number of halogens is 3. The molecular weight excluding hydrogens is 477 g/mol. The summed E-state index contributed by atoms with van der Waals surface area (Å²) in [6, 6.07) is 16.6. The number of hydrogen-bond donors (Lipinski definition) is 0. The standard InChI is InChI=1S/C27H19F3O6/c1-33-20-12-9-17(14-22(20)34-2)24-25(32)19-11-10-18(15-21(19)36-26(24)27(28,29)30)35-23(31)13-8-16-6-4-3-5-7-16/h3-15H,1-2H3. The Balaban J connectivity index is 1.76. The Morgan fingerprint density at radius 1 is 0.917 bits per heavy atom. The van der Waals surface area contributed by atoms with Crippen LogP contribution in [-0.2, 0) is 11.0 Å². The van der Waals surface area contributed by atoms with Gasteiger partial charge in [-0.05, 0) is 41.5 Å². The third-order valence-corrected chi connectivity index (χ3v) is 5.22. The molecule has 0 aliphatic carbocycles. The summed E-state index contributed by atoms with van der Waals surface area (Å²) in [7, 11) is 2.71. The van der Waals surface area contributed by atoms with Crippen LogP contribution in [-0.4, -0.2) is 20.2 Å². The topological polar surface area (TPSA) is 75.0 Å². The molecule has 3 aromatic carbocycles. The molecule has 9 heteroatoms. The van der Waals surface area contributed by atoms with E-state index >= 15 is 0 Å². The van der Waals surface area contributed by atoms with E-state index in [0.717, 1.165) is 11.6 Å². The first-order valence-electron chi connectivity index (χ1n) is 10.6. The van der Waals surface area contributed by atoms with Crippen molar-refractivity contribution in [3.63, 3.8) is 0 Å². The number of carbonyl (C=O) groups excluding carboxylic acids is 1. The summed E-state index contributed by atoms with van der Waals surface area (Å²) < 4.78 is 62.5. The Labute approximate surface area is 203 Å². The molecule has 4 aromatic rings. The van der Waals surface area contributed by atoms with Crippen molar-refractivity contribution < 1.29 is 36.6 Å². The van der Waals surface area contributed by atoms with Gasteiger partial charge in [-0.25, -0.2) is 4.79 Å². The lowest BCUT2D eigenvalue weighted by atomic mass is 10.0. The van der Waals surface area contributed by atoms with E-state index in [1.807, 2.05) is 6.07 Å². The minimum Gasteiger partial charge on any atom is -0.493 e. The van der Waals surface area contributed by atoms with Gasteiger partial charge in [-0.3, -0.25) is 4.79 Å². The van der Waals surface area contributed by atoms with E-state index < -0.39 is 28.9 Å². The first-order valence-corrected chi connectivity index (χ1v) is 10.6. The van der Waals surface area contributed by atoms with Crippen molar-refractivity contribution >= 4 is 23.0 Å². The minimum absolute atomic E-state index is 0.0582. The summed E-state index contributed by atoms with van der Waals surface area (Å²) in [5.74, 6) is -1.89. The van der Waals surface area contributed by atoms with E-state index in [1.165, 1.54) is 56.7 Å². The maximum atomic E-state index is 14.0. The molecule has 1 heterocycles. The van der Waals surface area contributed by atoms with Gasteiger partial charge in [-0.2, -0.15) is 13.2 Å². The minimum atomic E-state index is -4.99. The van der Waals surface area contributed by atoms with Gasteiger partial charge in [0.1, 0.15) is 11.3 Å². The Morgan fingerprint density at radius 2 is 1.64 bits per heavy atom. The van der Waals surface area contributed by atoms with Crippen molar-refractivity contribution in [2.24, 2.45) is 0 Å². The predicted octanol–water partition coefficient (Wildman–Crippen LogP) is 6.11. The molecule has 0 aliphatic heterocycles. The molecule has 6 nitrogen and oxygen atoms in total. The van der Waals surface area contributed by atoms with E-state index in [4.69, 9.17) is 18.6 Å². The number of benzene rings is 3. The van der Waals surface area contributed by atoms with Crippen molar-refractivity contribution in [3.8, 4) is 28.4 Å². The van der Waals surface area contributed by atoms with Crippen LogP contribution in [0.5, 0.6) is 17.2 Å². The summed E-state index contributed by atoms with van der Waals surface area (Å²) in [6.07, 6.45) is -2.28. The summed E-state index contributed by atoms with van der Waals surface area (Å²) in [5, 5.41) is -0.118. The van der Waals surface area contributed by atoms with Gasteiger partial charge in [0.05, 0.1) is 25.2 Å². The SMILES string of the molecule is COc1ccc(-c2c(C(F)(F)F)oc3cc(OC(=O)C=Cc4ccccc4)ccc3c2=O)cc1OC. The van der Waals surface area contributed by atoms with Gasteiger partial charge in [0.25, 0.3) is 0 Å². The molecule has 4 rings (SSSR count). The number of alkyl halides is 3. The molecule has 0 atom stereocenters. The Bertz CT molecular complexity index is 1500. The highest BCUT2D eigenvalue weighted by Gasteiger charge is 2.39. The monoisotopic (exact) mass is 496 g/mol. The molecule has 0 aliphatic rings. The van der Waals surface area contributed by atoms with Crippen LogP contribution in [0.4, 0.5) is 13.2 Å². The van der Waals surface area contributed by atoms with Gasteiger partial charge in [-0.15, -0.1) is 0 Å². The Hall–Kier alpha value is -4.53. The van der Waals surface area contributed by atoms with Crippen LogP contribution in [0.25, 0.3) is 28.2 Å². The zero-order valence-electron chi connectivity index (χ0n) is 19.1. The molecule has 0 bridgehead atoms. The number of hydrogen-bond acceptors (Lipinski definition) is 6. The van der Waals surface area contributed by atoms with Crippen molar-refractivity contribution in [2.45, 2.75) is 6.18 Å². The predicted molar refractivity (Wildman–Crippen MR) is 127 cm³/mol. The number of rotatable bonds is 6. The van der Waals surface area contributed by atoms with Gasteiger partial charge in [-0.1, -0.05) is 36.4 Å². The third-order valence-electron chi connectivity index (χ3n) is 5.22. The largest absolute Gasteiger partial charge is 0.493 e. The van der Waals surface area contributed by atoms with E-state index in [1.54, 1.807) is 24.3 Å². The lowest BCUT2D eigenvalue weighted by molar-refractivity contribution is -0.152.